The van der Waals surface area contributed by atoms with Crippen molar-refractivity contribution in [3.8, 4) is 0 Å². The number of nitrogens with one attached hydrogen (secondary N) is 4. The van der Waals surface area contributed by atoms with E-state index in [0.717, 1.165) is 24.9 Å². The van der Waals surface area contributed by atoms with Gasteiger partial charge in [-0.05, 0) is 43.5 Å². The highest BCUT2D eigenvalue weighted by molar-refractivity contribution is 7.80. The summed E-state index contributed by atoms with van der Waals surface area (Å²) in [6.07, 6.45) is 4.29. The molecule has 2 amide bonds. The van der Waals surface area contributed by atoms with Crippen LogP contribution >= 0.6 is 12.2 Å². The third-order valence-electron chi connectivity index (χ3n) is 5.91. The second kappa shape index (κ2) is 9.09. The van der Waals surface area contributed by atoms with E-state index in [2.05, 4.69) is 26.2 Å². The molecule has 0 spiro atoms. The second-order valence-corrected chi connectivity index (χ2v) is 8.65. The Morgan fingerprint density at radius 1 is 1.17 bits per heavy atom. The number of hydrogen-bond acceptors (Lipinski definition) is 4. The predicted octanol–water partition coefficient (Wildman–Crippen LogP) is 0.651. The van der Waals surface area contributed by atoms with Crippen LogP contribution in [0.25, 0.3) is 0 Å². The van der Waals surface area contributed by atoms with E-state index in [-0.39, 0.29) is 29.9 Å². The maximum absolute atomic E-state index is 12.3. The number of thiocarbonyl (C=S) groups is 1. The molecule has 3 unspecified atom stereocenters. The molecular weight excluding hydrogens is 386 g/mol. The van der Waals surface area contributed by atoms with Gasteiger partial charge >= 0.3 is 0 Å². The number of carbonyl (C=O) groups excluding carboxylic acids is 2. The number of hydrogen-bond donors (Lipinski definition) is 4. The molecule has 2 aliphatic heterocycles. The Hall–Kier alpha value is -2.19. The zero-order chi connectivity index (χ0) is 20.2. The van der Waals surface area contributed by atoms with Crippen molar-refractivity contribution in [2.24, 2.45) is 0 Å². The van der Waals surface area contributed by atoms with Gasteiger partial charge in [0.05, 0.1) is 6.04 Å². The summed E-state index contributed by atoms with van der Waals surface area (Å²) in [4.78, 5) is 26.9. The fourth-order valence-corrected chi connectivity index (χ4v) is 4.50. The molecule has 3 fully saturated rings. The molecule has 1 saturated carbocycles. The lowest BCUT2D eigenvalue weighted by atomic mass is 10.0. The Morgan fingerprint density at radius 2 is 1.93 bits per heavy atom. The van der Waals surface area contributed by atoms with Crippen LogP contribution in [-0.2, 0) is 16.1 Å². The molecule has 3 aliphatic rings. The molecule has 1 aromatic carbocycles. The van der Waals surface area contributed by atoms with Crippen LogP contribution in [0.3, 0.4) is 0 Å². The van der Waals surface area contributed by atoms with Gasteiger partial charge in [-0.15, -0.1) is 0 Å². The number of amides is 2. The summed E-state index contributed by atoms with van der Waals surface area (Å²) in [5, 5.41) is 13.4. The molecule has 156 valence electrons. The van der Waals surface area contributed by atoms with Crippen LogP contribution in [0.4, 0.5) is 0 Å². The molecule has 1 aliphatic carbocycles. The van der Waals surface area contributed by atoms with Crippen molar-refractivity contribution in [1.82, 2.24) is 26.2 Å². The predicted molar refractivity (Wildman–Crippen MR) is 115 cm³/mol. The molecule has 0 radical (unpaired) electrons. The summed E-state index contributed by atoms with van der Waals surface area (Å²) in [5.74, 6) is 0.131. The highest BCUT2D eigenvalue weighted by Gasteiger charge is 2.43. The van der Waals surface area contributed by atoms with Gasteiger partial charge in [-0.2, -0.15) is 0 Å². The van der Waals surface area contributed by atoms with Crippen LogP contribution in [-0.4, -0.2) is 59.1 Å². The molecule has 2 heterocycles. The zero-order valence-electron chi connectivity index (χ0n) is 16.5. The van der Waals surface area contributed by atoms with Gasteiger partial charge in [0, 0.05) is 44.2 Å². The normalized spacial score (nSPS) is 26.3. The number of benzene rings is 1. The van der Waals surface area contributed by atoms with E-state index >= 15 is 0 Å². The largest absolute Gasteiger partial charge is 0.360 e. The van der Waals surface area contributed by atoms with Crippen molar-refractivity contribution in [3.63, 3.8) is 0 Å². The number of piperazine rings is 1. The van der Waals surface area contributed by atoms with Crippen LogP contribution < -0.4 is 21.3 Å². The van der Waals surface area contributed by atoms with Gasteiger partial charge < -0.3 is 21.3 Å². The highest BCUT2D eigenvalue weighted by atomic mass is 32.1. The lowest BCUT2D eigenvalue weighted by molar-refractivity contribution is -0.129. The first-order valence-electron chi connectivity index (χ1n) is 10.5. The quantitative estimate of drug-likeness (QED) is 0.490. The third-order valence-corrected chi connectivity index (χ3v) is 6.14. The summed E-state index contributed by atoms with van der Waals surface area (Å²) in [5.41, 5.74) is 1.09. The fourth-order valence-electron chi connectivity index (χ4n) is 4.17. The monoisotopic (exact) mass is 415 g/mol. The van der Waals surface area contributed by atoms with Gasteiger partial charge in [0.15, 0.2) is 5.11 Å². The molecule has 29 heavy (non-hydrogen) atoms. The number of carbonyl (C=O) groups is 2. The third kappa shape index (κ3) is 5.45. The zero-order valence-corrected chi connectivity index (χ0v) is 17.3. The van der Waals surface area contributed by atoms with Gasteiger partial charge in [0.25, 0.3) is 0 Å². The average molecular weight is 416 g/mol. The Morgan fingerprint density at radius 3 is 2.69 bits per heavy atom. The summed E-state index contributed by atoms with van der Waals surface area (Å²) in [6, 6.07) is 10.6. The lowest BCUT2D eigenvalue weighted by Crippen LogP contribution is -2.58. The number of rotatable bonds is 7. The number of fused-ring (bicyclic) bond motifs is 1. The van der Waals surface area contributed by atoms with Crippen molar-refractivity contribution in [2.45, 2.75) is 62.8 Å². The molecule has 7 nitrogen and oxygen atoms in total. The van der Waals surface area contributed by atoms with E-state index in [1.54, 1.807) is 0 Å². The van der Waals surface area contributed by atoms with Crippen LogP contribution in [0, 0.1) is 0 Å². The van der Waals surface area contributed by atoms with Crippen LogP contribution in [0.15, 0.2) is 30.3 Å². The van der Waals surface area contributed by atoms with E-state index in [9.17, 15) is 9.59 Å². The first kappa shape index (κ1) is 20.1. The molecule has 0 bridgehead atoms. The van der Waals surface area contributed by atoms with E-state index in [0.29, 0.717) is 30.7 Å². The molecular formula is C21H29N5O2S. The van der Waals surface area contributed by atoms with E-state index in [1.165, 1.54) is 12.8 Å². The summed E-state index contributed by atoms with van der Waals surface area (Å²) < 4.78 is 0. The van der Waals surface area contributed by atoms with Gasteiger partial charge in [0.2, 0.25) is 11.8 Å². The van der Waals surface area contributed by atoms with Crippen molar-refractivity contribution >= 4 is 29.1 Å². The lowest BCUT2D eigenvalue weighted by Gasteiger charge is -2.37. The fraction of sp³-hybridized carbons (Fsp3) is 0.571. The molecule has 8 heteroatoms. The standard InChI is InChI=1S/C21H29N5O2S/c27-19(22-11-14-4-2-1-3-5-14)9-8-17-12-23-20(28)18-10-16(13-26(17)18)25-21(29)24-15-6-7-15/h1-5,15-18H,6-13H2,(H,22,27)(H,23,28)(H2,24,25,29). The summed E-state index contributed by atoms with van der Waals surface area (Å²) in [7, 11) is 0. The first-order chi connectivity index (χ1) is 14.1. The molecule has 4 N–H and O–H groups in total. The van der Waals surface area contributed by atoms with Gasteiger partial charge in [-0.25, -0.2) is 0 Å². The van der Waals surface area contributed by atoms with Gasteiger partial charge in [-0.3, -0.25) is 14.5 Å². The van der Waals surface area contributed by atoms with E-state index < -0.39 is 0 Å². The minimum Gasteiger partial charge on any atom is -0.360 e. The minimum atomic E-state index is -0.137. The topological polar surface area (TPSA) is 85.5 Å². The minimum absolute atomic E-state index is 0.0472. The summed E-state index contributed by atoms with van der Waals surface area (Å²) in [6.45, 7) is 1.92. The van der Waals surface area contributed by atoms with E-state index in [1.807, 2.05) is 30.3 Å². The van der Waals surface area contributed by atoms with Crippen molar-refractivity contribution in [2.75, 3.05) is 13.1 Å². The highest BCUT2D eigenvalue weighted by Crippen LogP contribution is 2.26. The molecule has 2 saturated heterocycles. The Bertz CT molecular complexity index is 755. The summed E-state index contributed by atoms with van der Waals surface area (Å²) >= 11 is 5.39. The smallest absolute Gasteiger partial charge is 0.237 e. The van der Waals surface area contributed by atoms with Crippen molar-refractivity contribution < 1.29 is 9.59 Å². The Kier molecular flexibility index (Phi) is 6.30. The molecule has 0 aromatic heterocycles. The van der Waals surface area contributed by atoms with Gasteiger partial charge in [0.1, 0.15) is 0 Å². The first-order valence-corrected chi connectivity index (χ1v) is 10.9. The maximum Gasteiger partial charge on any atom is 0.237 e. The molecule has 3 atom stereocenters. The SMILES string of the molecule is O=C(CCC1CNC(=O)C2CC(NC(=S)NC3CC3)CN12)NCc1ccccc1. The Labute approximate surface area is 177 Å². The average Bonchev–Trinajstić information content (AvgIpc) is 3.42. The van der Waals surface area contributed by atoms with Crippen LogP contribution in [0.5, 0.6) is 0 Å². The van der Waals surface area contributed by atoms with Crippen molar-refractivity contribution in [1.29, 1.82) is 0 Å². The van der Waals surface area contributed by atoms with Gasteiger partial charge in [-0.1, -0.05) is 30.3 Å². The molecule has 4 rings (SSSR count). The Balaban J connectivity index is 1.24. The van der Waals surface area contributed by atoms with Crippen LogP contribution in [0.2, 0.25) is 0 Å². The molecule has 1 aromatic rings. The van der Waals surface area contributed by atoms with E-state index in [4.69, 9.17) is 12.2 Å². The van der Waals surface area contributed by atoms with Crippen LogP contribution in [0.1, 0.15) is 37.7 Å². The number of nitrogens with zero attached hydrogens (tertiary/aromatic N) is 1. The maximum atomic E-state index is 12.3. The second-order valence-electron chi connectivity index (χ2n) is 8.24. The van der Waals surface area contributed by atoms with Crippen molar-refractivity contribution in [3.05, 3.63) is 35.9 Å².